The quantitative estimate of drug-likeness (QED) is 0.297. The number of rotatable bonds is 8. The van der Waals surface area contributed by atoms with Gasteiger partial charge in [0, 0.05) is 5.69 Å². The smallest absolute Gasteiger partial charge is 0.870 e. The van der Waals surface area contributed by atoms with E-state index in [4.69, 9.17) is 4.74 Å². The molecule has 1 saturated carbocycles. The first-order valence-corrected chi connectivity index (χ1v) is 13.7. The second-order valence-electron chi connectivity index (χ2n) is 10.6. The zero-order valence-corrected chi connectivity index (χ0v) is 25.2. The van der Waals surface area contributed by atoms with Crippen LogP contribution < -0.4 is 39.5 Å². The topological polar surface area (TPSA) is 147 Å². The van der Waals surface area contributed by atoms with Crippen LogP contribution in [0.2, 0.25) is 0 Å². The van der Waals surface area contributed by atoms with Gasteiger partial charge in [-0.05, 0) is 86.1 Å². The SMILES string of the molecule is COc1ccc(-c2ccc(C(=O)N[C@H](C(=O)O)C3CCCCC3)c(NC(=O)Nc3c(C)cc(C)cc3C)c2)cc1F.[Li+].[OH-]. The van der Waals surface area contributed by atoms with Crippen molar-refractivity contribution in [1.29, 1.82) is 0 Å². The molecule has 224 valence electrons. The second-order valence-corrected chi connectivity index (χ2v) is 10.6. The predicted molar refractivity (Wildman–Crippen MR) is 159 cm³/mol. The van der Waals surface area contributed by atoms with Crippen molar-refractivity contribution in [1.82, 2.24) is 5.32 Å². The van der Waals surface area contributed by atoms with Gasteiger partial charge in [-0.3, -0.25) is 4.79 Å². The summed E-state index contributed by atoms with van der Waals surface area (Å²) in [5, 5.41) is 18.2. The fraction of sp³-hybridized carbons (Fsp3) is 0.344. The van der Waals surface area contributed by atoms with Gasteiger partial charge in [0.2, 0.25) is 0 Å². The van der Waals surface area contributed by atoms with Crippen LogP contribution in [0.5, 0.6) is 5.75 Å². The van der Waals surface area contributed by atoms with Crippen LogP contribution in [0, 0.1) is 32.5 Å². The molecule has 0 unspecified atom stereocenters. The number of anilines is 2. The number of amides is 3. The van der Waals surface area contributed by atoms with Crippen LogP contribution in [0.15, 0.2) is 48.5 Å². The van der Waals surface area contributed by atoms with Crippen LogP contribution in [0.4, 0.5) is 20.6 Å². The van der Waals surface area contributed by atoms with E-state index in [2.05, 4.69) is 16.0 Å². The van der Waals surface area contributed by atoms with E-state index in [1.54, 1.807) is 18.2 Å². The first-order chi connectivity index (χ1) is 19.6. The fourth-order valence-corrected chi connectivity index (χ4v) is 5.58. The molecular formula is C32H37FLiN3O6. The molecule has 1 fully saturated rings. The van der Waals surface area contributed by atoms with Crippen molar-refractivity contribution < 1.29 is 53.0 Å². The van der Waals surface area contributed by atoms with Crippen LogP contribution >= 0.6 is 0 Å². The third-order valence-electron chi connectivity index (χ3n) is 7.59. The van der Waals surface area contributed by atoms with Gasteiger partial charge in [0.15, 0.2) is 11.6 Å². The van der Waals surface area contributed by atoms with E-state index >= 15 is 0 Å². The average molecular weight is 586 g/mol. The van der Waals surface area contributed by atoms with E-state index in [-0.39, 0.29) is 47.3 Å². The van der Waals surface area contributed by atoms with Crippen molar-refractivity contribution in [3.8, 4) is 16.9 Å². The number of hydrogen-bond donors (Lipinski definition) is 4. The van der Waals surface area contributed by atoms with E-state index in [1.165, 1.54) is 25.3 Å². The fourth-order valence-electron chi connectivity index (χ4n) is 5.58. The first-order valence-electron chi connectivity index (χ1n) is 13.7. The Morgan fingerprint density at radius 1 is 0.907 bits per heavy atom. The Balaban J connectivity index is 0.00000323. The number of carboxylic acid groups (broad SMARTS) is 1. The first kappa shape index (κ1) is 35.4. The van der Waals surface area contributed by atoms with Gasteiger partial charge in [0.1, 0.15) is 6.04 Å². The van der Waals surface area contributed by atoms with Crippen LogP contribution in [0.3, 0.4) is 0 Å². The molecule has 0 aliphatic heterocycles. The van der Waals surface area contributed by atoms with E-state index < -0.39 is 29.8 Å². The molecule has 11 heteroatoms. The number of hydrogen-bond acceptors (Lipinski definition) is 5. The average Bonchev–Trinajstić information content (AvgIpc) is 2.93. The van der Waals surface area contributed by atoms with Gasteiger partial charge in [-0.1, -0.05) is 49.1 Å². The van der Waals surface area contributed by atoms with Gasteiger partial charge in [-0.2, -0.15) is 0 Å². The molecule has 1 atom stereocenters. The number of aryl methyl sites for hydroxylation is 3. The zero-order valence-electron chi connectivity index (χ0n) is 25.2. The van der Waals surface area contributed by atoms with E-state index in [0.717, 1.165) is 48.8 Å². The summed E-state index contributed by atoms with van der Waals surface area (Å²) in [5.74, 6) is -2.34. The minimum atomic E-state index is -1.09. The summed E-state index contributed by atoms with van der Waals surface area (Å²) in [7, 11) is 1.38. The van der Waals surface area contributed by atoms with Crippen molar-refractivity contribution >= 4 is 29.3 Å². The molecule has 1 aliphatic rings. The Hall–Kier alpha value is -3.84. The van der Waals surface area contributed by atoms with Crippen LogP contribution in [0.1, 0.15) is 59.2 Å². The number of carboxylic acids is 1. The van der Waals surface area contributed by atoms with Gasteiger partial charge in [0.25, 0.3) is 5.91 Å². The third-order valence-corrected chi connectivity index (χ3v) is 7.59. The van der Waals surface area contributed by atoms with Crippen LogP contribution in [-0.2, 0) is 4.79 Å². The Morgan fingerprint density at radius 2 is 1.51 bits per heavy atom. The second kappa shape index (κ2) is 15.6. The molecule has 0 radical (unpaired) electrons. The summed E-state index contributed by atoms with van der Waals surface area (Å²) in [6, 6.07) is 11.5. The molecule has 0 aromatic heterocycles. The van der Waals surface area contributed by atoms with Gasteiger partial charge in [-0.25, -0.2) is 14.0 Å². The van der Waals surface area contributed by atoms with Crippen LogP contribution in [-0.4, -0.2) is 41.6 Å². The number of aliphatic carboxylic acids is 1. The predicted octanol–water partition coefficient (Wildman–Crippen LogP) is 3.66. The molecule has 43 heavy (non-hydrogen) atoms. The maximum Gasteiger partial charge on any atom is 1.00 e. The molecule has 0 heterocycles. The molecule has 0 bridgehead atoms. The largest absolute Gasteiger partial charge is 1.00 e. The van der Waals surface area contributed by atoms with Crippen LogP contribution in [0.25, 0.3) is 11.1 Å². The number of ether oxygens (including phenoxy) is 1. The maximum atomic E-state index is 14.5. The molecular weight excluding hydrogens is 548 g/mol. The Kier molecular flexibility index (Phi) is 12.8. The third kappa shape index (κ3) is 8.60. The van der Waals surface area contributed by atoms with Crippen molar-refractivity contribution in [2.45, 2.75) is 58.9 Å². The number of halogens is 1. The summed E-state index contributed by atoms with van der Waals surface area (Å²) in [6.07, 6.45) is 4.34. The molecule has 3 aromatic carbocycles. The minimum Gasteiger partial charge on any atom is -0.870 e. The summed E-state index contributed by atoms with van der Waals surface area (Å²) in [5.41, 5.74) is 4.79. The standard InChI is InChI=1S/C32H36FN3O5.Li.H2O/c1-18-14-19(2)28(20(3)15-18)36-32(40)34-26-17-23(22-11-13-27(41-4)25(33)16-22)10-12-24(26)30(37)35-29(31(38)39)21-8-6-5-7-9-21;;/h10-17,21,29H,5-9H2,1-4H3,(H,35,37)(H,38,39)(H2,34,36,40);;1H2/q;+1;/p-1/t29-;;/m0../s1. The molecule has 3 aromatic rings. The number of nitrogens with one attached hydrogen (secondary N) is 3. The number of urea groups is 1. The molecule has 4 rings (SSSR count). The van der Waals surface area contributed by atoms with Gasteiger partial charge >= 0.3 is 30.9 Å². The Bertz CT molecular complexity index is 1450. The number of carbonyl (C=O) groups is 3. The monoisotopic (exact) mass is 585 g/mol. The summed E-state index contributed by atoms with van der Waals surface area (Å²) < 4.78 is 19.5. The zero-order chi connectivity index (χ0) is 29.7. The molecule has 5 N–H and O–H groups in total. The number of carbonyl (C=O) groups excluding carboxylic acids is 2. The summed E-state index contributed by atoms with van der Waals surface area (Å²) in [6.45, 7) is 5.76. The van der Waals surface area contributed by atoms with E-state index in [0.29, 0.717) is 16.8 Å². The number of methoxy groups -OCH3 is 1. The van der Waals surface area contributed by atoms with Gasteiger partial charge in [-0.15, -0.1) is 0 Å². The van der Waals surface area contributed by atoms with Crippen molar-refractivity contribution in [2.75, 3.05) is 17.7 Å². The van der Waals surface area contributed by atoms with Crippen molar-refractivity contribution in [3.05, 3.63) is 76.6 Å². The molecule has 0 saturated heterocycles. The minimum absolute atomic E-state index is 0. The van der Waals surface area contributed by atoms with Gasteiger partial charge < -0.3 is 31.3 Å². The number of benzene rings is 3. The maximum absolute atomic E-state index is 14.5. The van der Waals surface area contributed by atoms with Crippen molar-refractivity contribution in [2.24, 2.45) is 5.92 Å². The van der Waals surface area contributed by atoms with E-state index in [1.807, 2.05) is 32.9 Å². The molecule has 1 aliphatic carbocycles. The normalized spacial score (nSPS) is 13.5. The summed E-state index contributed by atoms with van der Waals surface area (Å²) in [4.78, 5) is 38.8. The summed E-state index contributed by atoms with van der Waals surface area (Å²) >= 11 is 0. The van der Waals surface area contributed by atoms with E-state index in [9.17, 15) is 23.9 Å². The van der Waals surface area contributed by atoms with Crippen molar-refractivity contribution in [3.63, 3.8) is 0 Å². The Morgan fingerprint density at radius 3 is 2.09 bits per heavy atom. The molecule has 3 amide bonds. The Labute approximate surface area is 263 Å². The molecule has 9 nitrogen and oxygen atoms in total. The van der Waals surface area contributed by atoms with Gasteiger partial charge in [0.05, 0.1) is 18.4 Å². The molecule has 0 spiro atoms.